The number of furan rings is 1. The Morgan fingerprint density at radius 2 is 2.15 bits per heavy atom. The summed E-state index contributed by atoms with van der Waals surface area (Å²) in [5.74, 6) is 0.728. The summed E-state index contributed by atoms with van der Waals surface area (Å²) in [6.07, 6.45) is 1.84. The molecule has 3 rings (SSSR count). The molecule has 0 unspecified atom stereocenters. The van der Waals surface area contributed by atoms with E-state index in [1.54, 1.807) is 37.3 Å². The maximum absolute atomic E-state index is 12.3. The van der Waals surface area contributed by atoms with Crippen molar-refractivity contribution in [1.29, 1.82) is 0 Å². The number of carbonyl (C=O) groups is 2. The van der Waals surface area contributed by atoms with E-state index in [4.69, 9.17) is 18.6 Å². The molecule has 176 valence electrons. The largest absolute Gasteiger partial charge is 0.490 e. The fourth-order valence-electron chi connectivity index (χ4n) is 3.17. The molecule has 2 aromatic rings. The van der Waals surface area contributed by atoms with Crippen LogP contribution in [-0.2, 0) is 9.53 Å². The molecular weight excluding hydrogens is 432 g/mol. The molecule has 11 nitrogen and oxygen atoms in total. The molecule has 0 bridgehead atoms. The van der Waals surface area contributed by atoms with Crippen LogP contribution in [0, 0.1) is 0 Å². The number of amides is 2. The number of urea groups is 1. The van der Waals surface area contributed by atoms with Crippen molar-refractivity contribution in [3.8, 4) is 11.5 Å². The van der Waals surface area contributed by atoms with Crippen molar-refractivity contribution in [1.82, 2.24) is 16.1 Å². The van der Waals surface area contributed by atoms with Gasteiger partial charge in [0.1, 0.15) is 12.4 Å². The Hall–Kier alpha value is -3.99. The van der Waals surface area contributed by atoms with E-state index in [0.717, 1.165) is 0 Å². The van der Waals surface area contributed by atoms with Gasteiger partial charge in [-0.1, -0.05) is 6.07 Å². The van der Waals surface area contributed by atoms with E-state index in [2.05, 4.69) is 21.2 Å². The van der Waals surface area contributed by atoms with Crippen LogP contribution < -0.4 is 25.5 Å². The third-order valence-corrected chi connectivity index (χ3v) is 4.63. The number of benzene rings is 1. The molecule has 0 fully saturated rings. The van der Waals surface area contributed by atoms with Crippen LogP contribution in [0.4, 0.5) is 4.79 Å². The summed E-state index contributed by atoms with van der Waals surface area (Å²) in [5, 5.41) is 19.2. The summed E-state index contributed by atoms with van der Waals surface area (Å²) in [6.45, 7) is 3.67. The molecule has 0 spiro atoms. The Kier molecular flexibility index (Phi) is 7.92. The maximum Gasteiger partial charge on any atom is 0.337 e. The highest BCUT2D eigenvalue weighted by atomic mass is 16.5. The quantitative estimate of drug-likeness (QED) is 0.183. The number of methoxy groups -OCH3 is 1. The number of hydrazone groups is 1. The van der Waals surface area contributed by atoms with Gasteiger partial charge in [0.2, 0.25) is 0 Å². The van der Waals surface area contributed by atoms with Crippen LogP contribution in [0.25, 0.3) is 0 Å². The minimum atomic E-state index is -1.09. The van der Waals surface area contributed by atoms with E-state index >= 15 is 0 Å². The number of aliphatic hydroxyl groups excluding tert-OH is 1. The molecule has 1 aromatic heterocycles. The fraction of sp³-hybridized carbons (Fsp3) is 0.318. The standard InChI is InChI=1S/C22H26N4O7/c1-4-31-17-10-14(20-19(21(28)30-3)13(2)24-22(29)25-20)7-8-16(17)33-12-18(27)26-23-11-15-6-5-9-32-15/h5-11,18,20,26-27H,4,12H2,1-3H3,(H2,24,25,29)/b23-11-/t18-,20+/m1/s1. The van der Waals surface area contributed by atoms with E-state index in [9.17, 15) is 14.7 Å². The predicted molar refractivity (Wildman–Crippen MR) is 118 cm³/mol. The van der Waals surface area contributed by atoms with Gasteiger partial charge in [-0.25, -0.2) is 9.59 Å². The molecule has 0 saturated carbocycles. The molecule has 2 atom stereocenters. The first-order chi connectivity index (χ1) is 15.9. The second-order valence-electron chi connectivity index (χ2n) is 6.93. The molecule has 2 amide bonds. The summed E-state index contributed by atoms with van der Waals surface area (Å²) in [5.41, 5.74) is 3.81. The van der Waals surface area contributed by atoms with Crippen molar-refractivity contribution in [3.05, 3.63) is 59.2 Å². The molecule has 0 radical (unpaired) electrons. The SMILES string of the molecule is CCOc1cc([C@@H]2NC(=O)NC(C)=C2C(=O)OC)ccc1OC[C@@H](O)N/N=C\c1ccco1. The number of aliphatic hydroxyl groups is 1. The highest BCUT2D eigenvalue weighted by Gasteiger charge is 2.32. The lowest BCUT2D eigenvalue weighted by molar-refractivity contribution is -0.136. The highest BCUT2D eigenvalue weighted by molar-refractivity contribution is 5.95. The zero-order chi connectivity index (χ0) is 23.8. The van der Waals surface area contributed by atoms with Gasteiger partial charge >= 0.3 is 12.0 Å². The molecule has 1 aliphatic rings. The van der Waals surface area contributed by atoms with Gasteiger partial charge in [0, 0.05) is 5.70 Å². The Bertz CT molecular complexity index is 1030. The highest BCUT2D eigenvalue weighted by Crippen LogP contribution is 2.34. The van der Waals surface area contributed by atoms with E-state index in [1.807, 2.05) is 6.92 Å². The minimum absolute atomic E-state index is 0.120. The molecular formula is C22H26N4O7. The van der Waals surface area contributed by atoms with Crippen LogP contribution in [-0.4, -0.2) is 49.9 Å². The van der Waals surface area contributed by atoms with Crippen LogP contribution in [0.1, 0.15) is 31.2 Å². The Labute approximate surface area is 190 Å². The molecule has 11 heteroatoms. The minimum Gasteiger partial charge on any atom is -0.490 e. The first-order valence-corrected chi connectivity index (χ1v) is 10.2. The summed E-state index contributed by atoms with van der Waals surface area (Å²) in [7, 11) is 1.27. The Morgan fingerprint density at radius 3 is 2.85 bits per heavy atom. The molecule has 1 aliphatic heterocycles. The third kappa shape index (κ3) is 6.04. The first-order valence-electron chi connectivity index (χ1n) is 10.2. The van der Waals surface area contributed by atoms with Gasteiger partial charge in [-0.2, -0.15) is 5.10 Å². The van der Waals surface area contributed by atoms with Crippen molar-refractivity contribution in [2.45, 2.75) is 26.1 Å². The van der Waals surface area contributed by atoms with Crippen molar-refractivity contribution in [2.75, 3.05) is 20.3 Å². The molecule has 0 aliphatic carbocycles. The van der Waals surface area contributed by atoms with Gasteiger partial charge in [-0.05, 0) is 43.7 Å². The van der Waals surface area contributed by atoms with Crippen LogP contribution in [0.15, 0.2) is 57.4 Å². The zero-order valence-electron chi connectivity index (χ0n) is 18.5. The average molecular weight is 458 g/mol. The van der Waals surface area contributed by atoms with Crippen molar-refractivity contribution >= 4 is 18.2 Å². The number of nitrogens with one attached hydrogen (secondary N) is 3. The lowest BCUT2D eigenvalue weighted by atomic mass is 9.95. The van der Waals surface area contributed by atoms with Crippen LogP contribution in [0.5, 0.6) is 11.5 Å². The monoisotopic (exact) mass is 458 g/mol. The van der Waals surface area contributed by atoms with E-state index in [0.29, 0.717) is 35.1 Å². The number of hydrogen-bond acceptors (Lipinski definition) is 9. The second-order valence-corrected chi connectivity index (χ2v) is 6.93. The lowest BCUT2D eigenvalue weighted by Gasteiger charge is -2.28. The summed E-state index contributed by atoms with van der Waals surface area (Å²) >= 11 is 0. The Balaban J connectivity index is 1.73. The number of rotatable bonds is 10. The second kappa shape index (κ2) is 11.0. The maximum atomic E-state index is 12.3. The summed E-state index contributed by atoms with van der Waals surface area (Å²) < 4.78 is 21.3. The topological polar surface area (TPSA) is 144 Å². The van der Waals surface area contributed by atoms with E-state index in [-0.39, 0.29) is 12.2 Å². The zero-order valence-corrected chi connectivity index (χ0v) is 18.5. The normalized spacial score (nSPS) is 16.7. The van der Waals surface area contributed by atoms with Gasteiger partial charge in [-0.3, -0.25) is 5.43 Å². The van der Waals surface area contributed by atoms with Gasteiger partial charge in [0.15, 0.2) is 17.7 Å². The molecule has 0 saturated heterocycles. The smallest absolute Gasteiger partial charge is 0.337 e. The van der Waals surface area contributed by atoms with Crippen molar-refractivity contribution < 1.29 is 33.3 Å². The lowest BCUT2D eigenvalue weighted by Crippen LogP contribution is -2.45. The summed E-state index contributed by atoms with van der Waals surface area (Å²) in [4.78, 5) is 24.3. The van der Waals surface area contributed by atoms with Gasteiger partial charge in [-0.15, -0.1) is 0 Å². The number of hydrogen-bond donors (Lipinski definition) is 4. The number of ether oxygens (including phenoxy) is 3. The van der Waals surface area contributed by atoms with Gasteiger partial charge < -0.3 is 34.4 Å². The van der Waals surface area contributed by atoms with Crippen LogP contribution >= 0.6 is 0 Å². The number of nitrogens with zero attached hydrogens (tertiary/aromatic N) is 1. The number of allylic oxidation sites excluding steroid dienone is 1. The van der Waals surface area contributed by atoms with Crippen molar-refractivity contribution in [3.63, 3.8) is 0 Å². The van der Waals surface area contributed by atoms with Crippen LogP contribution in [0.2, 0.25) is 0 Å². The van der Waals surface area contributed by atoms with Crippen LogP contribution in [0.3, 0.4) is 0 Å². The molecule has 4 N–H and O–H groups in total. The predicted octanol–water partition coefficient (Wildman–Crippen LogP) is 1.80. The number of esters is 1. The molecule has 2 heterocycles. The van der Waals surface area contributed by atoms with Gasteiger partial charge in [0.25, 0.3) is 0 Å². The summed E-state index contributed by atoms with van der Waals surface area (Å²) in [6, 6.07) is 7.27. The van der Waals surface area contributed by atoms with Gasteiger partial charge in [0.05, 0.1) is 37.8 Å². The average Bonchev–Trinajstić information content (AvgIpc) is 3.31. The molecule has 33 heavy (non-hydrogen) atoms. The van der Waals surface area contributed by atoms with E-state index in [1.165, 1.54) is 19.6 Å². The fourth-order valence-corrected chi connectivity index (χ4v) is 3.17. The van der Waals surface area contributed by atoms with E-state index < -0.39 is 24.3 Å². The van der Waals surface area contributed by atoms with Crippen molar-refractivity contribution in [2.24, 2.45) is 5.10 Å². The third-order valence-electron chi connectivity index (χ3n) is 4.63. The Morgan fingerprint density at radius 1 is 1.33 bits per heavy atom. The first kappa shape index (κ1) is 23.7. The number of carbonyl (C=O) groups excluding carboxylic acids is 2. The molecule has 1 aromatic carbocycles.